The third-order valence-electron chi connectivity index (χ3n) is 8.08. The van der Waals surface area contributed by atoms with Gasteiger partial charge in [-0.2, -0.15) is 0 Å². The number of fused-ring (bicyclic) bond motifs is 1. The van der Waals surface area contributed by atoms with Gasteiger partial charge in [-0.1, -0.05) is 65.3 Å². The Morgan fingerprint density at radius 1 is 0.842 bits per heavy atom. The maximum Gasteiger partial charge on any atom is 0.127 e. The van der Waals surface area contributed by atoms with Crippen molar-refractivity contribution in [3.63, 3.8) is 0 Å². The van der Waals surface area contributed by atoms with E-state index in [4.69, 9.17) is 9.47 Å². The molecule has 0 saturated carbocycles. The highest BCUT2D eigenvalue weighted by atomic mass is 16.5. The molecule has 0 unspecified atom stereocenters. The van der Waals surface area contributed by atoms with Crippen LogP contribution in [-0.2, 0) is 13.0 Å². The summed E-state index contributed by atoms with van der Waals surface area (Å²) in [5.74, 6) is 2.12. The van der Waals surface area contributed by atoms with E-state index in [2.05, 4.69) is 97.9 Å². The van der Waals surface area contributed by atoms with Crippen LogP contribution in [0, 0.1) is 20.8 Å². The summed E-state index contributed by atoms with van der Waals surface area (Å²) >= 11 is 0. The van der Waals surface area contributed by atoms with Gasteiger partial charge in [0.25, 0.3) is 0 Å². The number of allylic oxidation sites excluding steroid dienone is 6. The highest BCUT2D eigenvalue weighted by molar-refractivity contribution is 5.59. The smallest absolute Gasteiger partial charge is 0.127 e. The zero-order valence-corrected chi connectivity index (χ0v) is 25.3. The van der Waals surface area contributed by atoms with E-state index in [0.717, 1.165) is 56.4 Å². The summed E-state index contributed by atoms with van der Waals surface area (Å²) in [5.41, 5.74) is 10.5. The van der Waals surface area contributed by atoms with E-state index in [1.165, 1.54) is 51.0 Å². The highest BCUT2D eigenvalue weighted by Crippen LogP contribution is 2.45. The second-order valence-corrected chi connectivity index (χ2v) is 11.8. The Morgan fingerprint density at radius 2 is 1.47 bits per heavy atom. The van der Waals surface area contributed by atoms with Gasteiger partial charge in [-0.3, -0.25) is 0 Å². The first kappa shape index (κ1) is 29.8. The molecule has 0 aliphatic carbocycles. The fourth-order valence-corrected chi connectivity index (χ4v) is 5.37. The summed E-state index contributed by atoms with van der Waals surface area (Å²) in [4.78, 5) is 0. The van der Waals surface area contributed by atoms with E-state index in [0.29, 0.717) is 6.61 Å². The van der Waals surface area contributed by atoms with Gasteiger partial charge in [0.05, 0.1) is 0 Å². The van der Waals surface area contributed by atoms with Gasteiger partial charge in [0.15, 0.2) is 0 Å². The Bertz CT molecular complexity index is 1160. The predicted molar refractivity (Wildman–Crippen MR) is 163 cm³/mol. The van der Waals surface area contributed by atoms with Gasteiger partial charge in [0, 0.05) is 5.56 Å². The lowest BCUT2D eigenvalue weighted by Gasteiger charge is -2.38. The van der Waals surface area contributed by atoms with Crippen molar-refractivity contribution in [3.8, 4) is 11.5 Å². The first-order chi connectivity index (χ1) is 18.1. The third-order valence-corrected chi connectivity index (χ3v) is 8.08. The first-order valence-electron chi connectivity index (χ1n) is 14.5. The molecule has 2 aromatic rings. The Labute approximate surface area is 232 Å². The van der Waals surface area contributed by atoms with Gasteiger partial charge in [-0.15, -0.1) is 0 Å². The van der Waals surface area contributed by atoms with Crippen LogP contribution in [0.3, 0.4) is 0 Å². The van der Waals surface area contributed by atoms with Gasteiger partial charge in [-0.25, -0.2) is 0 Å². The summed E-state index contributed by atoms with van der Waals surface area (Å²) in [7, 11) is 0. The normalized spacial score (nSPS) is 17.6. The van der Waals surface area contributed by atoms with Crippen LogP contribution in [0.5, 0.6) is 11.5 Å². The molecule has 0 aromatic heterocycles. The van der Waals surface area contributed by atoms with Gasteiger partial charge >= 0.3 is 0 Å². The van der Waals surface area contributed by atoms with Crippen LogP contribution in [0.2, 0.25) is 0 Å². The quantitative estimate of drug-likeness (QED) is 0.262. The summed E-state index contributed by atoms with van der Waals surface area (Å²) < 4.78 is 13.1. The van der Waals surface area contributed by atoms with Gasteiger partial charge in [0.1, 0.15) is 23.7 Å². The molecule has 3 rings (SSSR count). The Kier molecular flexibility index (Phi) is 10.9. The molecule has 1 aliphatic rings. The van der Waals surface area contributed by atoms with Crippen molar-refractivity contribution in [2.75, 3.05) is 0 Å². The molecule has 0 fully saturated rings. The van der Waals surface area contributed by atoms with Crippen molar-refractivity contribution in [1.29, 1.82) is 0 Å². The Morgan fingerprint density at radius 3 is 2.13 bits per heavy atom. The molecule has 0 spiro atoms. The minimum atomic E-state index is -0.124. The van der Waals surface area contributed by atoms with Crippen LogP contribution in [0.15, 0.2) is 65.3 Å². The molecule has 1 atom stereocenters. The predicted octanol–water partition coefficient (Wildman–Crippen LogP) is 10.5. The molecule has 0 saturated heterocycles. The summed E-state index contributed by atoms with van der Waals surface area (Å²) in [6, 6.07) is 10.4. The maximum atomic E-state index is 6.78. The number of ether oxygens (including phenoxy) is 2. The average molecular weight is 515 g/mol. The molecule has 2 nitrogen and oxygen atoms in total. The van der Waals surface area contributed by atoms with E-state index >= 15 is 0 Å². The fraction of sp³-hybridized carbons (Fsp3) is 0.500. The Balaban J connectivity index is 1.57. The van der Waals surface area contributed by atoms with Crippen molar-refractivity contribution < 1.29 is 9.47 Å². The zero-order valence-electron chi connectivity index (χ0n) is 25.3. The van der Waals surface area contributed by atoms with Gasteiger partial charge in [-0.05, 0) is 129 Å². The summed E-state index contributed by atoms with van der Waals surface area (Å²) in [5, 5.41) is 0. The van der Waals surface area contributed by atoms with E-state index in [1.807, 2.05) is 6.07 Å². The van der Waals surface area contributed by atoms with E-state index in [-0.39, 0.29) is 5.60 Å². The van der Waals surface area contributed by atoms with E-state index < -0.39 is 0 Å². The number of rotatable bonds is 12. The van der Waals surface area contributed by atoms with Crippen LogP contribution in [-0.4, -0.2) is 5.60 Å². The second kappa shape index (κ2) is 13.9. The lowest BCUT2D eigenvalue weighted by molar-refractivity contribution is 0.0557. The molecular weight excluding hydrogens is 464 g/mol. The van der Waals surface area contributed by atoms with Crippen LogP contribution in [0.1, 0.15) is 107 Å². The highest BCUT2D eigenvalue weighted by Gasteiger charge is 2.34. The molecule has 2 heteroatoms. The van der Waals surface area contributed by atoms with Crippen molar-refractivity contribution >= 4 is 0 Å². The maximum absolute atomic E-state index is 6.78. The van der Waals surface area contributed by atoms with Crippen LogP contribution in [0.4, 0.5) is 0 Å². The molecule has 0 radical (unpaired) electrons. The molecular formula is C36H50O2. The van der Waals surface area contributed by atoms with Crippen LogP contribution in [0.25, 0.3) is 0 Å². The van der Waals surface area contributed by atoms with E-state index in [9.17, 15) is 0 Å². The molecule has 1 aliphatic heterocycles. The third kappa shape index (κ3) is 8.38. The molecule has 1 heterocycles. The summed E-state index contributed by atoms with van der Waals surface area (Å²) in [6.45, 7) is 18.3. The van der Waals surface area contributed by atoms with E-state index in [1.54, 1.807) is 0 Å². The monoisotopic (exact) mass is 514 g/mol. The molecule has 0 N–H and O–H groups in total. The minimum absolute atomic E-state index is 0.124. The van der Waals surface area contributed by atoms with Crippen LogP contribution >= 0.6 is 0 Å². The second-order valence-electron chi connectivity index (χ2n) is 11.8. The largest absolute Gasteiger partial charge is 0.488 e. The molecule has 2 aromatic carbocycles. The molecule has 38 heavy (non-hydrogen) atoms. The minimum Gasteiger partial charge on any atom is -0.488 e. The zero-order chi connectivity index (χ0) is 27.7. The van der Waals surface area contributed by atoms with Crippen LogP contribution < -0.4 is 9.47 Å². The number of hydrogen-bond acceptors (Lipinski definition) is 2. The topological polar surface area (TPSA) is 18.5 Å². The molecule has 0 amide bonds. The fourth-order valence-electron chi connectivity index (χ4n) is 5.37. The van der Waals surface area contributed by atoms with Crippen molar-refractivity contribution in [2.45, 2.75) is 119 Å². The van der Waals surface area contributed by atoms with Gasteiger partial charge < -0.3 is 9.47 Å². The number of benzene rings is 2. The lowest BCUT2D eigenvalue weighted by Crippen LogP contribution is -2.37. The van der Waals surface area contributed by atoms with Crippen molar-refractivity contribution in [3.05, 3.63) is 93.1 Å². The molecule has 0 bridgehead atoms. The molecule has 206 valence electrons. The summed E-state index contributed by atoms with van der Waals surface area (Å²) in [6.07, 6.45) is 16.0. The number of hydrogen-bond donors (Lipinski definition) is 0. The van der Waals surface area contributed by atoms with Crippen molar-refractivity contribution in [1.82, 2.24) is 0 Å². The van der Waals surface area contributed by atoms with Gasteiger partial charge in [0.2, 0.25) is 0 Å². The SMILES string of the molecule is CC(C)=CCC/C(C)=C/CC/C(C)=C/CC[C@@]1(C)CCc2c(C)c(OCc3ccccc3)c(C)c(C)c2O1. The van der Waals surface area contributed by atoms with Crippen molar-refractivity contribution in [2.24, 2.45) is 0 Å². The lowest BCUT2D eigenvalue weighted by atomic mass is 9.85. The first-order valence-corrected chi connectivity index (χ1v) is 14.5. The average Bonchev–Trinajstić information content (AvgIpc) is 2.87. The Hall–Kier alpha value is -2.74. The standard InChI is InChI=1S/C36H50O2/c1-26(2)15-12-16-27(3)17-13-18-28(4)19-14-23-36(8)24-22-33-31(7)34(29(5)30(6)35(33)38-36)37-25-32-20-10-9-11-21-32/h9-11,15,17,19-21H,12-14,16,18,22-25H2,1-8H3/b27-17+,28-19+/t36-/m0/s1.